The second-order valence-electron chi connectivity index (χ2n) is 4.14. The molecule has 0 aliphatic heterocycles. The maximum Gasteiger partial charge on any atom is 0.260 e. The summed E-state index contributed by atoms with van der Waals surface area (Å²) in [6.07, 6.45) is 2.70. The molecule has 98 valence electrons. The Labute approximate surface area is 111 Å². The molecule has 0 aliphatic rings. The molecule has 0 radical (unpaired) electrons. The number of hydrogen-bond donors (Lipinski definition) is 1. The van der Waals surface area contributed by atoms with Crippen molar-refractivity contribution in [3.63, 3.8) is 0 Å². The van der Waals surface area contributed by atoms with E-state index in [2.05, 4.69) is 9.97 Å². The number of imidazole rings is 1. The fourth-order valence-corrected chi connectivity index (χ4v) is 3.91. The van der Waals surface area contributed by atoms with Crippen LogP contribution < -0.4 is 0 Å². The zero-order chi connectivity index (χ0) is 13.2. The minimum absolute atomic E-state index is 0.111. The Morgan fingerprint density at radius 3 is 2.78 bits per heavy atom. The van der Waals surface area contributed by atoms with Gasteiger partial charge in [-0.25, -0.2) is 13.4 Å². The number of nitrogens with one attached hydrogen (secondary N) is 1. The average molecular weight is 285 g/mol. The summed E-state index contributed by atoms with van der Waals surface area (Å²) in [4.78, 5) is 7.44. The first-order chi connectivity index (χ1) is 8.51. The molecule has 18 heavy (non-hydrogen) atoms. The smallest absolute Gasteiger partial charge is 0.260 e. The van der Waals surface area contributed by atoms with E-state index >= 15 is 0 Å². The largest absolute Gasteiger partial charge is 0.335 e. The highest BCUT2D eigenvalue weighted by atomic mass is 32.2. The summed E-state index contributed by atoms with van der Waals surface area (Å²) in [7, 11) is -3.51. The molecular weight excluding hydrogens is 270 g/mol. The quantitative estimate of drug-likeness (QED) is 0.914. The molecule has 0 spiro atoms. The normalized spacial score (nSPS) is 12.4. The van der Waals surface area contributed by atoms with E-state index in [1.165, 1.54) is 16.8 Å². The molecule has 0 saturated carbocycles. The SMILES string of the molecule is CC(C)N(Cc1cccs1)S(=O)(=O)c1cnc[nH]1. The summed E-state index contributed by atoms with van der Waals surface area (Å²) in [6, 6.07) is 3.74. The van der Waals surface area contributed by atoms with E-state index in [1.807, 2.05) is 31.4 Å². The van der Waals surface area contributed by atoms with Crippen LogP contribution in [-0.4, -0.2) is 28.7 Å². The van der Waals surface area contributed by atoms with Crippen molar-refractivity contribution in [1.29, 1.82) is 0 Å². The van der Waals surface area contributed by atoms with Crippen molar-refractivity contribution in [1.82, 2.24) is 14.3 Å². The molecule has 1 N–H and O–H groups in total. The maximum atomic E-state index is 12.4. The fourth-order valence-electron chi connectivity index (χ4n) is 1.61. The third kappa shape index (κ3) is 2.63. The monoisotopic (exact) mass is 285 g/mol. The first-order valence-electron chi connectivity index (χ1n) is 5.54. The first-order valence-corrected chi connectivity index (χ1v) is 7.86. The Morgan fingerprint density at radius 1 is 1.50 bits per heavy atom. The number of aromatic amines is 1. The predicted octanol–water partition coefficient (Wildman–Crippen LogP) is 2.07. The second-order valence-corrected chi connectivity index (χ2v) is 7.03. The van der Waals surface area contributed by atoms with Crippen LogP contribution in [0.2, 0.25) is 0 Å². The number of hydrogen-bond acceptors (Lipinski definition) is 4. The highest BCUT2D eigenvalue weighted by Gasteiger charge is 2.28. The lowest BCUT2D eigenvalue weighted by molar-refractivity contribution is 0.349. The zero-order valence-corrected chi connectivity index (χ0v) is 11.8. The number of nitrogens with zero attached hydrogens (tertiary/aromatic N) is 2. The van der Waals surface area contributed by atoms with Crippen LogP contribution in [0.5, 0.6) is 0 Å². The van der Waals surface area contributed by atoms with Gasteiger partial charge >= 0.3 is 0 Å². The highest BCUT2D eigenvalue weighted by molar-refractivity contribution is 7.89. The van der Waals surface area contributed by atoms with Crippen LogP contribution in [0.1, 0.15) is 18.7 Å². The molecule has 2 aromatic rings. The van der Waals surface area contributed by atoms with Crippen molar-refractivity contribution >= 4 is 21.4 Å². The lowest BCUT2D eigenvalue weighted by atomic mass is 10.4. The average Bonchev–Trinajstić information content (AvgIpc) is 2.98. The number of H-pyrrole nitrogens is 1. The van der Waals surface area contributed by atoms with Crippen LogP contribution in [0.4, 0.5) is 0 Å². The van der Waals surface area contributed by atoms with E-state index < -0.39 is 10.0 Å². The molecule has 2 aromatic heterocycles. The molecule has 0 aliphatic carbocycles. The number of aromatic nitrogens is 2. The highest BCUT2D eigenvalue weighted by Crippen LogP contribution is 2.21. The van der Waals surface area contributed by atoms with Crippen molar-refractivity contribution in [2.24, 2.45) is 0 Å². The fraction of sp³-hybridized carbons (Fsp3) is 0.364. The summed E-state index contributed by atoms with van der Waals surface area (Å²) in [5.74, 6) is 0. The van der Waals surface area contributed by atoms with Gasteiger partial charge in [0.15, 0.2) is 5.03 Å². The van der Waals surface area contributed by atoms with Crippen LogP contribution in [0, 0.1) is 0 Å². The van der Waals surface area contributed by atoms with Crippen LogP contribution in [0.25, 0.3) is 0 Å². The Balaban J connectivity index is 2.31. The van der Waals surface area contributed by atoms with Crippen molar-refractivity contribution in [2.75, 3.05) is 0 Å². The third-order valence-electron chi connectivity index (χ3n) is 2.53. The van der Waals surface area contributed by atoms with Gasteiger partial charge in [0, 0.05) is 17.5 Å². The van der Waals surface area contributed by atoms with Gasteiger partial charge in [-0.3, -0.25) is 0 Å². The van der Waals surface area contributed by atoms with Gasteiger partial charge in [0.25, 0.3) is 10.0 Å². The molecular formula is C11H15N3O2S2. The molecule has 0 fully saturated rings. The summed E-state index contributed by atoms with van der Waals surface area (Å²) in [5, 5.41) is 2.07. The lowest BCUT2D eigenvalue weighted by Gasteiger charge is -2.24. The van der Waals surface area contributed by atoms with Gasteiger partial charge in [-0.15, -0.1) is 11.3 Å². The van der Waals surface area contributed by atoms with Gasteiger partial charge < -0.3 is 4.98 Å². The van der Waals surface area contributed by atoms with Crippen LogP contribution in [0.3, 0.4) is 0 Å². The Bertz CT molecular complexity index is 574. The van der Waals surface area contributed by atoms with Gasteiger partial charge in [0.05, 0.1) is 12.5 Å². The molecule has 2 rings (SSSR count). The molecule has 0 saturated heterocycles. The topological polar surface area (TPSA) is 66.1 Å². The molecule has 2 heterocycles. The van der Waals surface area contributed by atoms with Gasteiger partial charge in [0.1, 0.15) is 0 Å². The minimum atomic E-state index is -3.51. The second kappa shape index (κ2) is 5.21. The third-order valence-corrected chi connectivity index (χ3v) is 5.34. The van der Waals surface area contributed by atoms with Crippen molar-refractivity contribution < 1.29 is 8.42 Å². The van der Waals surface area contributed by atoms with Crippen LogP contribution in [-0.2, 0) is 16.6 Å². The van der Waals surface area contributed by atoms with E-state index in [9.17, 15) is 8.42 Å². The molecule has 0 unspecified atom stereocenters. The molecule has 0 aromatic carbocycles. The summed E-state index contributed by atoms with van der Waals surface area (Å²) >= 11 is 1.55. The Kier molecular flexibility index (Phi) is 3.84. The van der Waals surface area contributed by atoms with E-state index in [-0.39, 0.29) is 11.1 Å². The van der Waals surface area contributed by atoms with E-state index in [1.54, 1.807) is 11.3 Å². The van der Waals surface area contributed by atoms with Crippen LogP contribution in [0.15, 0.2) is 35.1 Å². The van der Waals surface area contributed by atoms with Crippen LogP contribution >= 0.6 is 11.3 Å². The van der Waals surface area contributed by atoms with Gasteiger partial charge in [0.2, 0.25) is 0 Å². The first kappa shape index (κ1) is 13.3. The molecule has 0 atom stereocenters. The van der Waals surface area contributed by atoms with Gasteiger partial charge in [-0.05, 0) is 25.3 Å². The summed E-state index contributed by atoms with van der Waals surface area (Å²) < 4.78 is 26.3. The van der Waals surface area contributed by atoms with E-state index in [4.69, 9.17) is 0 Å². The van der Waals surface area contributed by atoms with Crippen molar-refractivity contribution in [3.8, 4) is 0 Å². The molecule has 5 nitrogen and oxygen atoms in total. The van der Waals surface area contributed by atoms with Gasteiger partial charge in [-0.1, -0.05) is 6.07 Å². The maximum absolute atomic E-state index is 12.4. The minimum Gasteiger partial charge on any atom is -0.335 e. The van der Waals surface area contributed by atoms with E-state index in [0.29, 0.717) is 6.54 Å². The molecule has 0 bridgehead atoms. The Morgan fingerprint density at radius 2 is 2.28 bits per heavy atom. The van der Waals surface area contributed by atoms with Crippen molar-refractivity contribution in [2.45, 2.75) is 31.5 Å². The zero-order valence-electron chi connectivity index (χ0n) is 10.2. The number of thiophene rings is 1. The van der Waals surface area contributed by atoms with E-state index in [0.717, 1.165) is 4.88 Å². The molecule has 0 amide bonds. The number of rotatable bonds is 5. The standard InChI is InChI=1S/C11H15N3O2S2/c1-9(2)14(7-10-4-3-5-17-10)18(15,16)11-6-12-8-13-11/h3-6,8-9H,7H2,1-2H3,(H,12,13). The Hall–Kier alpha value is -1.18. The van der Waals surface area contributed by atoms with Crippen molar-refractivity contribution in [3.05, 3.63) is 34.9 Å². The molecule has 7 heteroatoms. The lowest BCUT2D eigenvalue weighted by Crippen LogP contribution is -2.36. The van der Waals surface area contributed by atoms with Gasteiger partial charge in [-0.2, -0.15) is 4.31 Å². The summed E-state index contributed by atoms with van der Waals surface area (Å²) in [6.45, 7) is 4.11. The number of sulfonamides is 1. The summed E-state index contributed by atoms with van der Waals surface area (Å²) in [5.41, 5.74) is 0. The predicted molar refractivity (Wildman–Crippen MR) is 70.8 cm³/mol.